The first-order valence-electron chi connectivity index (χ1n) is 8.19. The zero-order valence-corrected chi connectivity index (χ0v) is 15.1. The van der Waals surface area contributed by atoms with Crippen LogP contribution in [0.2, 0.25) is 0 Å². The number of rotatable bonds is 3. The maximum Gasteiger partial charge on any atom is 0.422 e. The molecule has 0 bridgehead atoms. The van der Waals surface area contributed by atoms with Crippen molar-refractivity contribution in [2.24, 2.45) is 0 Å². The molecule has 0 spiro atoms. The summed E-state index contributed by atoms with van der Waals surface area (Å²) < 4.78 is 10.4. The molecule has 1 fully saturated rings. The van der Waals surface area contributed by atoms with E-state index in [0.29, 0.717) is 0 Å². The van der Waals surface area contributed by atoms with E-state index in [0.717, 1.165) is 25.7 Å². The molecule has 1 unspecified atom stereocenters. The van der Waals surface area contributed by atoms with Crippen molar-refractivity contribution >= 4 is 12.2 Å². The third-order valence-corrected chi connectivity index (χ3v) is 3.17. The summed E-state index contributed by atoms with van der Waals surface area (Å²) in [5, 5.41) is 2.89. The Bertz CT molecular complexity index is 413. The number of ether oxygens (including phenoxy) is 2. The van der Waals surface area contributed by atoms with Crippen molar-refractivity contribution in [3.05, 3.63) is 0 Å². The van der Waals surface area contributed by atoms with E-state index < -0.39 is 23.4 Å². The first-order chi connectivity index (χ1) is 10.4. The van der Waals surface area contributed by atoms with Gasteiger partial charge in [-0.15, -0.1) is 0 Å². The lowest BCUT2D eigenvalue weighted by Gasteiger charge is -2.31. The Labute approximate surface area is 138 Å². The van der Waals surface area contributed by atoms with Crippen LogP contribution in [0.1, 0.15) is 67.2 Å². The van der Waals surface area contributed by atoms with Gasteiger partial charge in [0.2, 0.25) is 0 Å². The molecule has 1 saturated carbocycles. The Morgan fingerprint density at radius 3 is 1.96 bits per heavy atom. The van der Waals surface area contributed by atoms with Crippen LogP contribution in [-0.2, 0) is 9.47 Å². The topological polar surface area (TPSA) is 88.7 Å². The Balaban J connectivity index is 2.34. The zero-order chi connectivity index (χ0) is 17.7. The zero-order valence-electron chi connectivity index (χ0n) is 15.1. The number of alkyl carbamates (subject to hydrolysis) is 1. The molecular formula is C16H31N3O4. The van der Waals surface area contributed by atoms with Crippen LogP contribution in [0.4, 0.5) is 9.59 Å². The Morgan fingerprint density at radius 1 is 0.870 bits per heavy atom. The highest BCUT2D eigenvalue weighted by atomic mass is 16.6. The number of hydrogen-bond donors (Lipinski definition) is 3. The number of carbonyl (C=O) groups excluding carboxylic acids is 2. The van der Waals surface area contributed by atoms with Crippen LogP contribution in [0.25, 0.3) is 0 Å². The molecule has 0 saturated heterocycles. The van der Waals surface area contributed by atoms with E-state index >= 15 is 0 Å². The molecule has 3 N–H and O–H groups in total. The van der Waals surface area contributed by atoms with E-state index in [4.69, 9.17) is 9.47 Å². The van der Waals surface area contributed by atoms with Crippen molar-refractivity contribution in [2.45, 2.75) is 90.5 Å². The first-order valence-corrected chi connectivity index (χ1v) is 8.19. The highest BCUT2D eigenvalue weighted by Gasteiger charge is 2.26. The Hall–Kier alpha value is -1.50. The van der Waals surface area contributed by atoms with Gasteiger partial charge >= 0.3 is 12.2 Å². The molecule has 0 aliphatic heterocycles. The lowest BCUT2D eigenvalue weighted by atomic mass is 9.91. The summed E-state index contributed by atoms with van der Waals surface area (Å²) in [6.45, 7) is 10.9. The van der Waals surface area contributed by atoms with Gasteiger partial charge in [-0.1, -0.05) is 0 Å². The second-order valence-electron chi connectivity index (χ2n) is 7.98. The summed E-state index contributed by atoms with van der Waals surface area (Å²) in [4.78, 5) is 23.4. The average molecular weight is 329 g/mol. The second-order valence-corrected chi connectivity index (χ2v) is 7.98. The van der Waals surface area contributed by atoms with Gasteiger partial charge in [-0.25, -0.2) is 15.0 Å². The fraction of sp³-hybridized carbons (Fsp3) is 0.875. The number of amides is 2. The minimum Gasteiger partial charge on any atom is -0.444 e. The van der Waals surface area contributed by atoms with Gasteiger partial charge < -0.3 is 14.8 Å². The summed E-state index contributed by atoms with van der Waals surface area (Å²) in [7, 11) is 0. The van der Waals surface area contributed by atoms with Gasteiger partial charge in [0.15, 0.2) is 0 Å². The van der Waals surface area contributed by atoms with Crippen LogP contribution in [0.15, 0.2) is 0 Å². The minimum absolute atomic E-state index is 0.0385. The summed E-state index contributed by atoms with van der Waals surface area (Å²) in [6.07, 6.45) is 2.64. The van der Waals surface area contributed by atoms with E-state index in [2.05, 4.69) is 16.2 Å². The molecule has 0 heterocycles. The van der Waals surface area contributed by atoms with Crippen molar-refractivity contribution in [1.29, 1.82) is 0 Å². The predicted octanol–water partition coefficient (Wildman–Crippen LogP) is 2.85. The van der Waals surface area contributed by atoms with E-state index in [1.54, 1.807) is 0 Å². The maximum absolute atomic E-state index is 11.8. The van der Waals surface area contributed by atoms with Gasteiger partial charge in [0.1, 0.15) is 11.2 Å². The quantitative estimate of drug-likeness (QED) is 0.693. The van der Waals surface area contributed by atoms with Crippen LogP contribution in [0, 0.1) is 0 Å². The normalized spacial score (nSPS) is 22.2. The van der Waals surface area contributed by atoms with E-state index in [1.807, 2.05) is 41.5 Å². The SMILES string of the molecule is CC(C)(C)OC(=O)NN[C@@H]1CCCC(NC(=O)OC(C)(C)C)C1. The molecule has 0 aromatic rings. The molecule has 1 aliphatic rings. The van der Waals surface area contributed by atoms with E-state index in [-0.39, 0.29) is 12.1 Å². The molecule has 134 valence electrons. The molecule has 2 amide bonds. The second kappa shape index (κ2) is 7.86. The van der Waals surface area contributed by atoms with Crippen LogP contribution in [0.5, 0.6) is 0 Å². The van der Waals surface area contributed by atoms with Crippen molar-refractivity contribution in [3.8, 4) is 0 Å². The van der Waals surface area contributed by atoms with Crippen molar-refractivity contribution in [3.63, 3.8) is 0 Å². The van der Waals surface area contributed by atoms with Crippen LogP contribution in [0.3, 0.4) is 0 Å². The molecule has 1 rings (SSSR count). The number of carbonyl (C=O) groups is 2. The average Bonchev–Trinajstić information content (AvgIpc) is 2.32. The molecular weight excluding hydrogens is 298 g/mol. The molecule has 2 atom stereocenters. The van der Waals surface area contributed by atoms with Gasteiger partial charge in [-0.05, 0) is 67.2 Å². The molecule has 0 aromatic carbocycles. The van der Waals surface area contributed by atoms with Crippen molar-refractivity contribution in [2.75, 3.05) is 0 Å². The molecule has 0 radical (unpaired) electrons. The van der Waals surface area contributed by atoms with Crippen molar-refractivity contribution < 1.29 is 19.1 Å². The van der Waals surface area contributed by atoms with Gasteiger partial charge in [0, 0.05) is 12.1 Å². The summed E-state index contributed by atoms with van der Waals surface area (Å²) in [6, 6.07) is 0.132. The smallest absolute Gasteiger partial charge is 0.422 e. The Kier molecular flexibility index (Phi) is 6.68. The van der Waals surface area contributed by atoms with Gasteiger partial charge in [-0.3, -0.25) is 5.43 Å². The monoisotopic (exact) mass is 329 g/mol. The highest BCUT2D eigenvalue weighted by Crippen LogP contribution is 2.19. The molecule has 7 heteroatoms. The standard InChI is InChI=1S/C16H31N3O4/c1-15(2,3)22-13(20)17-11-8-7-9-12(10-11)18-19-14(21)23-16(4,5)6/h11-12,18H,7-10H2,1-6H3,(H,17,20)(H,19,21)/t11?,12-/m1/s1. The predicted molar refractivity (Wildman–Crippen MR) is 87.9 cm³/mol. The van der Waals surface area contributed by atoms with Crippen LogP contribution >= 0.6 is 0 Å². The summed E-state index contributed by atoms with van der Waals surface area (Å²) in [5.41, 5.74) is 4.51. The highest BCUT2D eigenvalue weighted by molar-refractivity contribution is 5.68. The van der Waals surface area contributed by atoms with Crippen LogP contribution < -0.4 is 16.2 Å². The molecule has 0 aromatic heterocycles. The summed E-state index contributed by atoms with van der Waals surface area (Å²) >= 11 is 0. The van der Waals surface area contributed by atoms with Gasteiger partial charge in [0.25, 0.3) is 0 Å². The van der Waals surface area contributed by atoms with E-state index in [1.165, 1.54) is 0 Å². The lowest BCUT2D eigenvalue weighted by Crippen LogP contribution is -2.51. The van der Waals surface area contributed by atoms with E-state index in [9.17, 15) is 9.59 Å². The van der Waals surface area contributed by atoms with Gasteiger partial charge in [-0.2, -0.15) is 0 Å². The molecule has 23 heavy (non-hydrogen) atoms. The lowest BCUT2D eigenvalue weighted by molar-refractivity contribution is 0.0446. The number of nitrogens with one attached hydrogen (secondary N) is 3. The number of hydrazine groups is 1. The maximum atomic E-state index is 11.8. The fourth-order valence-electron chi connectivity index (χ4n) is 2.39. The fourth-order valence-corrected chi connectivity index (χ4v) is 2.39. The largest absolute Gasteiger partial charge is 0.444 e. The van der Waals surface area contributed by atoms with Gasteiger partial charge in [0.05, 0.1) is 0 Å². The molecule has 1 aliphatic carbocycles. The third kappa shape index (κ3) is 9.28. The number of hydrogen-bond acceptors (Lipinski definition) is 5. The molecule has 7 nitrogen and oxygen atoms in total. The Morgan fingerprint density at radius 2 is 1.39 bits per heavy atom. The third-order valence-electron chi connectivity index (χ3n) is 3.17. The van der Waals surface area contributed by atoms with Crippen LogP contribution in [-0.4, -0.2) is 35.5 Å². The first kappa shape index (κ1) is 19.5. The minimum atomic E-state index is -0.529. The van der Waals surface area contributed by atoms with Crippen molar-refractivity contribution in [1.82, 2.24) is 16.2 Å². The summed E-state index contributed by atoms with van der Waals surface area (Å²) in [5.74, 6) is 0.